The molecule has 2 nitrogen and oxygen atoms in total. The molecule has 0 bridgehead atoms. The molecule has 2 rings (SSSR count). The van der Waals surface area contributed by atoms with E-state index in [9.17, 15) is 0 Å². The van der Waals surface area contributed by atoms with Gasteiger partial charge >= 0.3 is 0 Å². The van der Waals surface area contributed by atoms with Crippen LogP contribution < -0.4 is 10.1 Å². The molecular weight excluding hydrogens is 394 g/mol. The van der Waals surface area contributed by atoms with Crippen LogP contribution in [0.1, 0.15) is 24.5 Å². The van der Waals surface area contributed by atoms with E-state index in [4.69, 9.17) is 4.74 Å². The van der Waals surface area contributed by atoms with Crippen molar-refractivity contribution in [1.82, 2.24) is 0 Å². The lowest BCUT2D eigenvalue weighted by Gasteiger charge is -2.14. The standard InChI is InChI=1S/C17H19Br2NO/c1-3-9-21-16-8-7-14(18)10-13(16)11-20-15-6-4-5-12(2)17(15)19/h4-8,10,20H,3,9,11H2,1-2H3. The van der Waals surface area contributed by atoms with Crippen molar-refractivity contribution in [3.63, 3.8) is 0 Å². The van der Waals surface area contributed by atoms with Crippen molar-refractivity contribution in [2.24, 2.45) is 0 Å². The van der Waals surface area contributed by atoms with Gasteiger partial charge in [-0.05, 0) is 59.1 Å². The van der Waals surface area contributed by atoms with Crippen molar-refractivity contribution in [3.8, 4) is 5.75 Å². The second-order valence-corrected chi connectivity index (χ2v) is 6.60. The van der Waals surface area contributed by atoms with Crippen molar-refractivity contribution in [1.29, 1.82) is 0 Å². The maximum atomic E-state index is 5.81. The van der Waals surface area contributed by atoms with Crippen LogP contribution >= 0.6 is 31.9 Å². The second-order valence-electron chi connectivity index (χ2n) is 4.89. The molecule has 2 aromatic rings. The summed E-state index contributed by atoms with van der Waals surface area (Å²) in [6.07, 6.45) is 1.01. The van der Waals surface area contributed by atoms with Crippen molar-refractivity contribution in [2.75, 3.05) is 11.9 Å². The maximum Gasteiger partial charge on any atom is 0.124 e. The highest BCUT2D eigenvalue weighted by atomic mass is 79.9. The predicted octanol–water partition coefficient (Wildman–Crippen LogP) is 5.92. The van der Waals surface area contributed by atoms with Crippen molar-refractivity contribution in [3.05, 3.63) is 56.5 Å². The molecule has 0 heterocycles. The molecule has 1 N–H and O–H groups in total. The lowest BCUT2D eigenvalue weighted by atomic mass is 10.2. The van der Waals surface area contributed by atoms with E-state index in [1.165, 1.54) is 5.56 Å². The Labute approximate surface area is 143 Å². The van der Waals surface area contributed by atoms with Gasteiger partial charge in [-0.25, -0.2) is 0 Å². The van der Waals surface area contributed by atoms with Crippen LogP contribution in [-0.4, -0.2) is 6.61 Å². The number of aryl methyl sites for hydroxylation is 1. The van der Waals surface area contributed by atoms with Crippen LogP contribution in [0.25, 0.3) is 0 Å². The molecule has 0 fully saturated rings. The fourth-order valence-corrected chi connectivity index (χ4v) is 2.83. The summed E-state index contributed by atoms with van der Waals surface area (Å²) in [5, 5.41) is 3.47. The molecule has 4 heteroatoms. The minimum absolute atomic E-state index is 0.723. The smallest absolute Gasteiger partial charge is 0.124 e. The molecule has 0 aliphatic carbocycles. The third-order valence-corrected chi connectivity index (χ3v) is 4.69. The zero-order valence-corrected chi connectivity index (χ0v) is 15.4. The van der Waals surface area contributed by atoms with Crippen molar-refractivity contribution in [2.45, 2.75) is 26.8 Å². The predicted molar refractivity (Wildman–Crippen MR) is 96.1 cm³/mol. The molecule has 0 spiro atoms. The number of anilines is 1. The highest BCUT2D eigenvalue weighted by molar-refractivity contribution is 9.11. The van der Waals surface area contributed by atoms with Gasteiger partial charge in [-0.1, -0.05) is 35.0 Å². The minimum Gasteiger partial charge on any atom is -0.493 e. The Balaban J connectivity index is 2.15. The van der Waals surface area contributed by atoms with Crippen LogP contribution in [0.15, 0.2) is 45.3 Å². The number of benzene rings is 2. The number of nitrogens with one attached hydrogen (secondary N) is 1. The van der Waals surface area contributed by atoms with Crippen LogP contribution in [0.2, 0.25) is 0 Å². The number of halogens is 2. The van der Waals surface area contributed by atoms with Crippen molar-refractivity contribution < 1.29 is 4.74 Å². The Morgan fingerprint density at radius 2 is 1.95 bits per heavy atom. The second kappa shape index (κ2) is 7.85. The molecule has 0 aromatic heterocycles. The molecule has 112 valence electrons. The molecule has 0 saturated heterocycles. The van der Waals surface area contributed by atoms with Crippen LogP contribution in [-0.2, 0) is 6.54 Å². The molecule has 0 aliphatic heterocycles. The van der Waals surface area contributed by atoms with Gasteiger partial charge in [-0.2, -0.15) is 0 Å². The summed E-state index contributed by atoms with van der Waals surface area (Å²) < 4.78 is 7.98. The van der Waals surface area contributed by atoms with Gasteiger partial charge in [0.1, 0.15) is 5.75 Å². The van der Waals surface area contributed by atoms with E-state index in [0.29, 0.717) is 0 Å². The minimum atomic E-state index is 0.723. The summed E-state index contributed by atoms with van der Waals surface area (Å²) in [5.74, 6) is 0.941. The fraction of sp³-hybridized carbons (Fsp3) is 0.294. The monoisotopic (exact) mass is 411 g/mol. The molecule has 0 saturated carbocycles. The first-order valence-corrected chi connectivity index (χ1v) is 8.60. The molecule has 0 amide bonds. The SMILES string of the molecule is CCCOc1ccc(Br)cc1CNc1cccc(C)c1Br. The summed E-state index contributed by atoms with van der Waals surface area (Å²) in [6, 6.07) is 12.3. The topological polar surface area (TPSA) is 21.3 Å². The Bertz CT molecular complexity index is 614. The Morgan fingerprint density at radius 3 is 2.71 bits per heavy atom. The lowest BCUT2D eigenvalue weighted by Crippen LogP contribution is -2.05. The van der Waals surface area contributed by atoms with Gasteiger partial charge in [-0.15, -0.1) is 0 Å². The average molecular weight is 413 g/mol. The van der Waals surface area contributed by atoms with Gasteiger partial charge in [0.2, 0.25) is 0 Å². The van der Waals surface area contributed by atoms with Crippen LogP contribution in [0.5, 0.6) is 5.75 Å². The van der Waals surface area contributed by atoms with E-state index in [1.807, 2.05) is 12.1 Å². The van der Waals surface area contributed by atoms with E-state index in [0.717, 1.165) is 45.5 Å². The molecule has 21 heavy (non-hydrogen) atoms. The van der Waals surface area contributed by atoms with Gasteiger partial charge in [0, 0.05) is 26.7 Å². The van der Waals surface area contributed by atoms with E-state index in [2.05, 4.69) is 75.3 Å². The third kappa shape index (κ3) is 4.48. The van der Waals surface area contributed by atoms with Gasteiger partial charge in [0.15, 0.2) is 0 Å². The zero-order chi connectivity index (χ0) is 15.2. The third-order valence-electron chi connectivity index (χ3n) is 3.15. The first kappa shape index (κ1) is 16.4. The van der Waals surface area contributed by atoms with E-state index >= 15 is 0 Å². The van der Waals surface area contributed by atoms with Gasteiger partial charge in [-0.3, -0.25) is 0 Å². The molecule has 0 atom stereocenters. The van der Waals surface area contributed by atoms with Crippen LogP contribution in [0.4, 0.5) is 5.69 Å². The highest BCUT2D eigenvalue weighted by Crippen LogP contribution is 2.28. The van der Waals surface area contributed by atoms with Gasteiger partial charge in [0.25, 0.3) is 0 Å². The number of ether oxygens (including phenoxy) is 1. The first-order valence-electron chi connectivity index (χ1n) is 7.02. The normalized spacial score (nSPS) is 10.5. The van der Waals surface area contributed by atoms with E-state index < -0.39 is 0 Å². The zero-order valence-electron chi connectivity index (χ0n) is 12.2. The number of hydrogen-bond donors (Lipinski definition) is 1. The molecule has 2 aromatic carbocycles. The Kier molecular flexibility index (Phi) is 6.12. The lowest BCUT2D eigenvalue weighted by molar-refractivity contribution is 0.314. The molecule has 0 unspecified atom stereocenters. The van der Waals surface area contributed by atoms with Crippen LogP contribution in [0, 0.1) is 6.92 Å². The summed E-state index contributed by atoms with van der Waals surface area (Å²) in [5.41, 5.74) is 3.46. The molecular formula is C17H19Br2NO. The number of hydrogen-bond acceptors (Lipinski definition) is 2. The summed E-state index contributed by atoms with van der Waals surface area (Å²) in [6.45, 7) is 5.66. The summed E-state index contributed by atoms with van der Waals surface area (Å²) >= 11 is 7.15. The average Bonchev–Trinajstić information content (AvgIpc) is 2.48. The molecule has 0 aliphatic rings. The van der Waals surface area contributed by atoms with E-state index in [-0.39, 0.29) is 0 Å². The van der Waals surface area contributed by atoms with Gasteiger partial charge in [0.05, 0.1) is 6.61 Å². The number of rotatable bonds is 6. The Hall–Kier alpha value is -1.00. The van der Waals surface area contributed by atoms with Crippen LogP contribution in [0.3, 0.4) is 0 Å². The summed E-state index contributed by atoms with van der Waals surface area (Å²) in [7, 11) is 0. The quantitative estimate of drug-likeness (QED) is 0.635. The van der Waals surface area contributed by atoms with Gasteiger partial charge < -0.3 is 10.1 Å². The summed E-state index contributed by atoms with van der Waals surface area (Å²) in [4.78, 5) is 0. The highest BCUT2D eigenvalue weighted by Gasteiger charge is 2.07. The Morgan fingerprint density at radius 1 is 1.14 bits per heavy atom. The van der Waals surface area contributed by atoms with E-state index in [1.54, 1.807) is 0 Å². The maximum absolute atomic E-state index is 5.81. The largest absolute Gasteiger partial charge is 0.493 e. The molecule has 0 radical (unpaired) electrons. The van der Waals surface area contributed by atoms with Crippen molar-refractivity contribution >= 4 is 37.5 Å². The fourth-order valence-electron chi connectivity index (χ4n) is 2.01. The first-order chi connectivity index (χ1) is 10.1.